The molecule has 0 aliphatic heterocycles. The molecule has 1 saturated carbocycles. The lowest BCUT2D eigenvalue weighted by Crippen LogP contribution is -2.28. The predicted molar refractivity (Wildman–Crippen MR) is 64.8 cm³/mol. The van der Waals surface area contributed by atoms with Crippen LogP contribution in [0.1, 0.15) is 36.8 Å². The first kappa shape index (κ1) is 10.7. The Hall–Kier alpha value is -0.820. The minimum absolute atomic E-state index is 0.452. The molecule has 0 amide bonds. The second kappa shape index (κ2) is 4.80. The molecule has 0 heterocycles. The second-order valence-electron chi connectivity index (χ2n) is 4.92. The fourth-order valence-electron chi connectivity index (χ4n) is 2.67. The molecule has 0 radical (unpaired) electrons. The Morgan fingerprint density at radius 1 is 1.27 bits per heavy atom. The quantitative estimate of drug-likeness (QED) is 0.785. The van der Waals surface area contributed by atoms with Crippen LogP contribution in [0.5, 0.6) is 0 Å². The number of hydrogen-bond acceptors (Lipinski definition) is 1. The van der Waals surface area contributed by atoms with Crippen LogP contribution in [0.25, 0.3) is 0 Å². The number of aryl methyl sites for hydroxylation is 1. The zero-order chi connectivity index (χ0) is 10.7. The standard InChI is InChI=1S/C14H21N/c1-11-5-2-3-7-13(11)9-12-6-4-8-14(15)10-12/h2-3,5,7,12,14H,4,6,8-10,15H2,1H3/t12?,14-/m0/s1. The normalized spacial score (nSPS) is 26.5. The van der Waals surface area contributed by atoms with Crippen molar-refractivity contribution in [2.24, 2.45) is 11.7 Å². The lowest BCUT2D eigenvalue weighted by Gasteiger charge is -2.27. The molecule has 82 valence electrons. The third-order valence-electron chi connectivity index (χ3n) is 3.59. The number of rotatable bonds is 2. The molecular formula is C14H21N. The van der Waals surface area contributed by atoms with Gasteiger partial charge in [0.25, 0.3) is 0 Å². The van der Waals surface area contributed by atoms with E-state index in [0.29, 0.717) is 6.04 Å². The average molecular weight is 203 g/mol. The van der Waals surface area contributed by atoms with Gasteiger partial charge in [-0.3, -0.25) is 0 Å². The second-order valence-corrected chi connectivity index (χ2v) is 4.92. The largest absolute Gasteiger partial charge is 0.328 e. The average Bonchev–Trinajstić information content (AvgIpc) is 2.22. The highest BCUT2D eigenvalue weighted by molar-refractivity contribution is 5.26. The Labute approximate surface area is 92.7 Å². The van der Waals surface area contributed by atoms with E-state index in [2.05, 4.69) is 31.2 Å². The third-order valence-corrected chi connectivity index (χ3v) is 3.59. The van der Waals surface area contributed by atoms with Crippen LogP contribution in [0.15, 0.2) is 24.3 Å². The summed E-state index contributed by atoms with van der Waals surface area (Å²) in [7, 11) is 0. The van der Waals surface area contributed by atoms with Gasteiger partial charge in [0.05, 0.1) is 0 Å². The van der Waals surface area contributed by atoms with E-state index in [1.807, 2.05) is 0 Å². The molecule has 2 rings (SSSR count). The van der Waals surface area contributed by atoms with E-state index in [1.165, 1.54) is 43.2 Å². The van der Waals surface area contributed by atoms with Crippen LogP contribution >= 0.6 is 0 Å². The molecule has 1 aliphatic carbocycles. The van der Waals surface area contributed by atoms with Gasteiger partial charge in [0.1, 0.15) is 0 Å². The van der Waals surface area contributed by atoms with Gasteiger partial charge >= 0.3 is 0 Å². The molecule has 2 N–H and O–H groups in total. The van der Waals surface area contributed by atoms with E-state index in [0.717, 1.165) is 5.92 Å². The summed E-state index contributed by atoms with van der Waals surface area (Å²) < 4.78 is 0. The summed E-state index contributed by atoms with van der Waals surface area (Å²) in [5, 5.41) is 0. The van der Waals surface area contributed by atoms with Gasteiger partial charge in [-0.05, 0) is 43.2 Å². The monoisotopic (exact) mass is 203 g/mol. The van der Waals surface area contributed by atoms with Crippen molar-refractivity contribution in [3.8, 4) is 0 Å². The summed E-state index contributed by atoms with van der Waals surface area (Å²) in [6.45, 7) is 2.21. The Balaban J connectivity index is 1.99. The van der Waals surface area contributed by atoms with Crippen molar-refractivity contribution in [1.82, 2.24) is 0 Å². The van der Waals surface area contributed by atoms with Crippen molar-refractivity contribution in [1.29, 1.82) is 0 Å². The Bertz CT molecular complexity index is 319. The summed E-state index contributed by atoms with van der Waals surface area (Å²) in [5.41, 5.74) is 8.96. The molecule has 2 atom stereocenters. The van der Waals surface area contributed by atoms with Gasteiger partial charge < -0.3 is 5.73 Å². The number of nitrogens with two attached hydrogens (primary N) is 1. The minimum Gasteiger partial charge on any atom is -0.328 e. The first-order valence-corrected chi connectivity index (χ1v) is 6.06. The van der Waals surface area contributed by atoms with E-state index in [1.54, 1.807) is 0 Å². The van der Waals surface area contributed by atoms with E-state index < -0.39 is 0 Å². The number of hydrogen-bond donors (Lipinski definition) is 1. The fraction of sp³-hybridized carbons (Fsp3) is 0.571. The zero-order valence-corrected chi connectivity index (χ0v) is 9.58. The lowest BCUT2D eigenvalue weighted by molar-refractivity contribution is 0.320. The first-order valence-electron chi connectivity index (χ1n) is 6.06. The zero-order valence-electron chi connectivity index (χ0n) is 9.58. The number of benzene rings is 1. The van der Waals surface area contributed by atoms with Crippen molar-refractivity contribution in [3.63, 3.8) is 0 Å². The highest BCUT2D eigenvalue weighted by atomic mass is 14.6. The van der Waals surface area contributed by atoms with Crippen molar-refractivity contribution in [2.45, 2.75) is 45.1 Å². The lowest BCUT2D eigenvalue weighted by atomic mass is 9.82. The summed E-state index contributed by atoms with van der Waals surface area (Å²) in [6, 6.07) is 9.18. The molecule has 0 aromatic heterocycles. The molecule has 0 bridgehead atoms. The van der Waals surface area contributed by atoms with Crippen molar-refractivity contribution in [2.75, 3.05) is 0 Å². The van der Waals surface area contributed by atoms with E-state index in [-0.39, 0.29) is 0 Å². The van der Waals surface area contributed by atoms with Crippen LogP contribution in [-0.4, -0.2) is 6.04 Å². The molecule has 1 aromatic rings. The molecule has 1 nitrogen and oxygen atoms in total. The van der Waals surface area contributed by atoms with E-state index in [9.17, 15) is 0 Å². The third kappa shape index (κ3) is 2.82. The Morgan fingerprint density at radius 2 is 2.07 bits per heavy atom. The Morgan fingerprint density at radius 3 is 2.80 bits per heavy atom. The van der Waals surface area contributed by atoms with Crippen molar-refractivity contribution in [3.05, 3.63) is 35.4 Å². The van der Waals surface area contributed by atoms with Gasteiger partial charge in [0.2, 0.25) is 0 Å². The molecular weight excluding hydrogens is 182 g/mol. The predicted octanol–water partition coefficient (Wildman–Crippen LogP) is 3.06. The highest BCUT2D eigenvalue weighted by Gasteiger charge is 2.19. The molecule has 1 fully saturated rings. The highest BCUT2D eigenvalue weighted by Crippen LogP contribution is 2.27. The topological polar surface area (TPSA) is 26.0 Å². The molecule has 1 unspecified atom stereocenters. The molecule has 0 spiro atoms. The van der Waals surface area contributed by atoms with Gasteiger partial charge in [0.15, 0.2) is 0 Å². The summed E-state index contributed by atoms with van der Waals surface area (Å²) >= 11 is 0. The van der Waals surface area contributed by atoms with Gasteiger partial charge in [-0.25, -0.2) is 0 Å². The summed E-state index contributed by atoms with van der Waals surface area (Å²) in [6.07, 6.45) is 6.35. The minimum atomic E-state index is 0.452. The molecule has 0 saturated heterocycles. The van der Waals surface area contributed by atoms with Crippen LogP contribution in [0.4, 0.5) is 0 Å². The van der Waals surface area contributed by atoms with Crippen LogP contribution < -0.4 is 5.73 Å². The van der Waals surface area contributed by atoms with Gasteiger partial charge in [-0.1, -0.05) is 37.1 Å². The first-order chi connectivity index (χ1) is 7.25. The fourth-order valence-corrected chi connectivity index (χ4v) is 2.67. The maximum atomic E-state index is 6.02. The van der Waals surface area contributed by atoms with Crippen LogP contribution in [0.3, 0.4) is 0 Å². The molecule has 1 heteroatoms. The summed E-state index contributed by atoms with van der Waals surface area (Å²) in [5.74, 6) is 0.815. The maximum absolute atomic E-state index is 6.02. The van der Waals surface area contributed by atoms with Gasteiger partial charge in [-0.2, -0.15) is 0 Å². The maximum Gasteiger partial charge on any atom is 0.00415 e. The van der Waals surface area contributed by atoms with Crippen molar-refractivity contribution >= 4 is 0 Å². The van der Waals surface area contributed by atoms with Gasteiger partial charge in [0, 0.05) is 6.04 Å². The van der Waals surface area contributed by atoms with Crippen molar-refractivity contribution < 1.29 is 0 Å². The van der Waals surface area contributed by atoms with Crippen LogP contribution in [-0.2, 0) is 6.42 Å². The van der Waals surface area contributed by atoms with Gasteiger partial charge in [-0.15, -0.1) is 0 Å². The molecule has 15 heavy (non-hydrogen) atoms. The smallest absolute Gasteiger partial charge is 0.00415 e. The van der Waals surface area contributed by atoms with Crippen LogP contribution in [0, 0.1) is 12.8 Å². The molecule has 1 aliphatic rings. The molecule has 1 aromatic carbocycles. The Kier molecular flexibility index (Phi) is 3.42. The SMILES string of the molecule is Cc1ccccc1CC1CCC[C@H](N)C1. The van der Waals surface area contributed by atoms with Crippen LogP contribution in [0.2, 0.25) is 0 Å². The van der Waals surface area contributed by atoms with E-state index >= 15 is 0 Å². The summed E-state index contributed by atoms with van der Waals surface area (Å²) in [4.78, 5) is 0. The van der Waals surface area contributed by atoms with E-state index in [4.69, 9.17) is 5.73 Å².